The van der Waals surface area contributed by atoms with Gasteiger partial charge in [0, 0.05) is 86.1 Å². The van der Waals surface area contributed by atoms with Crippen LogP contribution < -0.4 is 10.6 Å². The van der Waals surface area contributed by atoms with Crippen molar-refractivity contribution in [1.29, 1.82) is 5.26 Å². The van der Waals surface area contributed by atoms with Gasteiger partial charge in [0.15, 0.2) is 0 Å². The second-order valence-corrected chi connectivity index (χ2v) is 16.5. The van der Waals surface area contributed by atoms with Gasteiger partial charge in [0.05, 0.1) is 13.2 Å². The summed E-state index contributed by atoms with van der Waals surface area (Å²) >= 11 is 0. The Kier molecular flexibility index (Phi) is 22.7. The Balaban J connectivity index is 0.000000327. The Labute approximate surface area is 370 Å². The van der Waals surface area contributed by atoms with Gasteiger partial charge >= 0.3 is 6.03 Å². The van der Waals surface area contributed by atoms with Crippen molar-refractivity contribution in [2.45, 2.75) is 107 Å². The zero-order valence-corrected chi connectivity index (χ0v) is 39.2. The first-order chi connectivity index (χ1) is 29.2. The number of carbonyl (C=O) groups is 1. The first-order valence-corrected chi connectivity index (χ1v) is 22.3. The van der Waals surface area contributed by atoms with E-state index in [1.165, 1.54) is 44.5 Å². The average molecular weight is 832 g/mol. The molecule has 1 spiro atoms. The van der Waals surface area contributed by atoms with E-state index in [2.05, 4.69) is 91.6 Å². The molecule has 3 fully saturated rings. The fraction of sp³-hybridized carbons (Fsp3) is 0.500. The number of piperidine rings is 2. The van der Waals surface area contributed by atoms with Gasteiger partial charge in [-0.15, -0.1) is 0 Å². The van der Waals surface area contributed by atoms with Crippen LogP contribution in [0.4, 0.5) is 4.79 Å². The fourth-order valence-electron chi connectivity index (χ4n) is 7.70. The standard InChI is InChI=1S/C22H34N4O.C17H24N2.C11H13NO.C2H6/c1-7-19(5)24-16-18(4)22(6)11-13-26(14-12-22)21(27)25-20(8-2)10-9-17(3)15-23;1-3-15-13-17(15)7-10-19(11-8-17)14(2)12-16-6-4-5-9-18-16;1-9(2)11(13-3)8-10-4-6-12-7-5-10;1-2/h8-10,18,24H,3,5,7,11-14,16H2,1-2,4,6H3,(H,25,27);4-6,9,15H,2-3,7-8,10-13H2,1H3;4-8H,1H2,2-3H3;1-2H3/b10-9-,20-8+;;11-8-;. The number of aromatic nitrogens is 2. The van der Waals surface area contributed by atoms with E-state index in [0.29, 0.717) is 17.2 Å². The quantitative estimate of drug-likeness (QED) is 0.105. The molecule has 0 bridgehead atoms. The van der Waals surface area contributed by atoms with Gasteiger partial charge in [0.25, 0.3) is 0 Å². The van der Waals surface area contributed by atoms with Crippen molar-refractivity contribution in [1.82, 2.24) is 30.4 Å². The van der Waals surface area contributed by atoms with Gasteiger partial charge in [0.2, 0.25) is 0 Å². The van der Waals surface area contributed by atoms with Crippen molar-refractivity contribution in [3.05, 3.63) is 139 Å². The Morgan fingerprint density at radius 3 is 2.15 bits per heavy atom. The van der Waals surface area contributed by atoms with Gasteiger partial charge in [-0.05, 0) is 129 Å². The van der Waals surface area contributed by atoms with E-state index in [0.717, 1.165) is 84.9 Å². The summed E-state index contributed by atoms with van der Waals surface area (Å²) in [6.45, 7) is 37.3. The topological polar surface area (TPSA) is 106 Å². The number of ether oxygens (including phenoxy) is 1. The molecule has 1 saturated carbocycles. The number of nitriles is 1. The maximum absolute atomic E-state index is 12.5. The van der Waals surface area contributed by atoms with Crippen LogP contribution in [0, 0.1) is 34.0 Å². The molecule has 4 heterocycles. The number of likely N-dealkylation sites (tertiary alicyclic amines) is 2. The highest BCUT2D eigenvalue weighted by Gasteiger charge is 2.53. The van der Waals surface area contributed by atoms with E-state index < -0.39 is 0 Å². The summed E-state index contributed by atoms with van der Waals surface area (Å²) in [5, 5.41) is 15.1. The number of hydrogen-bond donors (Lipinski definition) is 2. The van der Waals surface area contributed by atoms with Crippen molar-refractivity contribution in [3.63, 3.8) is 0 Å². The molecule has 2 saturated heterocycles. The van der Waals surface area contributed by atoms with Gasteiger partial charge in [0.1, 0.15) is 5.76 Å². The van der Waals surface area contributed by atoms with Gasteiger partial charge in [-0.25, -0.2) is 4.79 Å². The number of carbonyl (C=O) groups excluding carboxylic acids is 1. The van der Waals surface area contributed by atoms with Crippen molar-refractivity contribution in [3.8, 4) is 6.07 Å². The van der Waals surface area contributed by atoms with Gasteiger partial charge in [-0.3, -0.25) is 9.97 Å². The highest BCUT2D eigenvalue weighted by molar-refractivity contribution is 5.76. The summed E-state index contributed by atoms with van der Waals surface area (Å²) < 4.78 is 5.16. The number of pyridine rings is 2. The molecule has 61 heavy (non-hydrogen) atoms. The van der Waals surface area contributed by atoms with Gasteiger partial charge in [-0.2, -0.15) is 5.26 Å². The third-order valence-corrected chi connectivity index (χ3v) is 12.5. The molecule has 2 aromatic rings. The van der Waals surface area contributed by atoms with Crippen molar-refractivity contribution < 1.29 is 9.53 Å². The van der Waals surface area contributed by atoms with Crippen LogP contribution in [-0.4, -0.2) is 65.6 Å². The fourth-order valence-corrected chi connectivity index (χ4v) is 7.70. The molecular formula is C52H77N7O2. The molecule has 2 aliphatic heterocycles. The lowest BCUT2D eigenvalue weighted by Crippen LogP contribution is -2.48. The van der Waals surface area contributed by atoms with Crippen molar-refractivity contribution in [2.75, 3.05) is 39.8 Å². The maximum atomic E-state index is 12.5. The van der Waals surface area contributed by atoms with Crippen LogP contribution in [-0.2, 0) is 11.2 Å². The van der Waals surface area contributed by atoms with E-state index in [-0.39, 0.29) is 11.4 Å². The summed E-state index contributed by atoms with van der Waals surface area (Å²) in [5.41, 5.74) is 7.38. The molecule has 2 amide bonds. The zero-order valence-electron chi connectivity index (χ0n) is 39.2. The lowest BCUT2D eigenvalue weighted by Gasteiger charge is -2.43. The smallest absolute Gasteiger partial charge is 0.321 e. The molecule has 3 aliphatic rings. The molecule has 9 nitrogen and oxygen atoms in total. The van der Waals surface area contributed by atoms with Crippen LogP contribution in [0.15, 0.2) is 127 Å². The second kappa shape index (κ2) is 26.8. The lowest BCUT2D eigenvalue weighted by molar-refractivity contribution is 0.0860. The molecule has 1 aliphatic carbocycles. The summed E-state index contributed by atoms with van der Waals surface area (Å²) in [6, 6.07) is 11.8. The SMILES string of the molecule is C=C(C#N)/C=C\C(=C/C)NC(=O)N1CCC(C)(C(C)CNC(=C)CC)CC1.C=C(C)/C(=C/c1ccncc1)OC.C=C(Cc1ccccn1)N1CCC2(CC1)CC2CC.CC. The predicted octanol–water partition coefficient (Wildman–Crippen LogP) is 11.8. The molecule has 0 aromatic carbocycles. The Morgan fingerprint density at radius 2 is 1.64 bits per heavy atom. The summed E-state index contributed by atoms with van der Waals surface area (Å²) in [7, 11) is 1.64. The number of rotatable bonds is 15. The van der Waals surface area contributed by atoms with Crippen LogP contribution >= 0.6 is 0 Å². The van der Waals surface area contributed by atoms with Crippen molar-refractivity contribution in [2.24, 2.45) is 22.7 Å². The minimum Gasteiger partial charge on any atom is -0.496 e. The summed E-state index contributed by atoms with van der Waals surface area (Å²) in [5.74, 6) is 2.32. The molecular weight excluding hydrogens is 755 g/mol. The predicted molar refractivity (Wildman–Crippen MR) is 256 cm³/mol. The summed E-state index contributed by atoms with van der Waals surface area (Å²) in [4.78, 5) is 25.2. The first kappa shape index (κ1) is 51.8. The first-order valence-electron chi connectivity index (χ1n) is 22.3. The molecule has 9 heteroatoms. The summed E-state index contributed by atoms with van der Waals surface area (Å²) in [6.07, 6.45) is 21.8. The average Bonchev–Trinajstić information content (AvgIpc) is 3.98. The van der Waals surface area contributed by atoms with Gasteiger partial charge in [-0.1, -0.05) is 86.4 Å². The molecule has 0 radical (unpaired) electrons. The number of urea groups is 1. The number of amides is 2. The van der Waals surface area contributed by atoms with Crippen molar-refractivity contribution >= 4 is 12.1 Å². The number of hydrogen-bond acceptors (Lipinski definition) is 7. The zero-order chi connectivity index (χ0) is 45.4. The van der Waals surface area contributed by atoms with Crippen LogP contribution in [0.25, 0.3) is 6.08 Å². The van der Waals surface area contributed by atoms with Gasteiger partial charge < -0.3 is 25.2 Å². The van der Waals surface area contributed by atoms with E-state index in [4.69, 9.17) is 10.00 Å². The second-order valence-electron chi connectivity index (χ2n) is 16.5. The highest BCUT2D eigenvalue weighted by Crippen LogP contribution is 2.61. The van der Waals surface area contributed by atoms with E-state index in [1.54, 1.807) is 31.7 Å². The maximum Gasteiger partial charge on any atom is 0.321 e. The normalized spacial score (nSPS) is 18.0. The number of allylic oxidation sites excluding steroid dienone is 7. The third-order valence-electron chi connectivity index (χ3n) is 12.5. The minimum absolute atomic E-state index is 0.0949. The molecule has 2 aromatic heterocycles. The molecule has 332 valence electrons. The molecule has 5 rings (SSSR count). The molecule has 2 atom stereocenters. The van der Waals surface area contributed by atoms with Crippen LogP contribution in [0.2, 0.25) is 0 Å². The van der Waals surface area contributed by atoms with E-state index in [9.17, 15) is 4.79 Å². The Bertz CT molecular complexity index is 1820. The number of nitrogens with zero attached hydrogens (tertiary/aromatic N) is 5. The number of nitrogens with one attached hydrogen (secondary N) is 2. The van der Waals surface area contributed by atoms with E-state index in [1.807, 2.05) is 75.2 Å². The minimum atomic E-state index is -0.0949. The molecule has 2 unspecified atom stereocenters. The highest BCUT2D eigenvalue weighted by atomic mass is 16.5. The lowest BCUT2D eigenvalue weighted by atomic mass is 9.71. The number of methoxy groups -OCH3 is 1. The monoisotopic (exact) mass is 832 g/mol. The Morgan fingerprint density at radius 1 is 1.00 bits per heavy atom. The van der Waals surface area contributed by atoms with Crippen LogP contribution in [0.1, 0.15) is 112 Å². The van der Waals surface area contributed by atoms with Crippen LogP contribution in [0.5, 0.6) is 0 Å². The molecule has 2 N–H and O–H groups in total. The van der Waals surface area contributed by atoms with E-state index >= 15 is 0 Å². The third kappa shape index (κ3) is 17.3. The Hall–Kier alpha value is -5.36. The van der Waals surface area contributed by atoms with Crippen LogP contribution in [0.3, 0.4) is 0 Å². The largest absolute Gasteiger partial charge is 0.496 e.